The summed E-state index contributed by atoms with van der Waals surface area (Å²) in [6, 6.07) is 0.290. The summed E-state index contributed by atoms with van der Waals surface area (Å²) in [7, 11) is 0. The van der Waals surface area contributed by atoms with Crippen molar-refractivity contribution in [3.05, 3.63) is 12.2 Å². The maximum atomic E-state index is 11.3. The molecule has 2 rings (SSSR count). The first-order chi connectivity index (χ1) is 6.86. The molecule has 0 fully saturated rings. The molecule has 0 aromatic carbocycles. The van der Waals surface area contributed by atoms with Gasteiger partial charge >= 0.3 is 0 Å². The fourth-order valence-electron chi connectivity index (χ4n) is 1.93. The topological polar surface area (TPSA) is 29.4 Å². The van der Waals surface area contributed by atoms with Crippen LogP contribution < -0.4 is 0 Å². The average molecular weight is 191 g/mol. The van der Waals surface area contributed by atoms with Crippen molar-refractivity contribution in [2.45, 2.75) is 51.0 Å². The van der Waals surface area contributed by atoms with E-state index >= 15 is 0 Å². The van der Waals surface area contributed by atoms with Gasteiger partial charge < -0.3 is 0 Å². The lowest BCUT2D eigenvalue weighted by Crippen LogP contribution is -1.98. The van der Waals surface area contributed by atoms with Gasteiger partial charge in [0.15, 0.2) is 5.78 Å². The Labute approximate surface area is 85.1 Å². The number of aliphatic imine (C=N–C) groups is 1. The van der Waals surface area contributed by atoms with Crippen LogP contribution in [-0.2, 0) is 4.79 Å². The van der Waals surface area contributed by atoms with Crippen LogP contribution in [0.25, 0.3) is 0 Å². The minimum atomic E-state index is 0.270. The summed E-state index contributed by atoms with van der Waals surface area (Å²) in [5.74, 6) is 0.270. The van der Waals surface area contributed by atoms with E-state index in [-0.39, 0.29) is 5.78 Å². The molecule has 0 saturated carbocycles. The van der Waals surface area contributed by atoms with E-state index in [0.29, 0.717) is 6.04 Å². The predicted octanol–water partition coefficient (Wildman–Crippen LogP) is 2.68. The van der Waals surface area contributed by atoms with Gasteiger partial charge in [-0.1, -0.05) is 25.3 Å². The van der Waals surface area contributed by atoms with Gasteiger partial charge in [-0.2, -0.15) is 0 Å². The van der Waals surface area contributed by atoms with E-state index in [9.17, 15) is 4.79 Å². The van der Waals surface area contributed by atoms with Crippen molar-refractivity contribution in [3.8, 4) is 0 Å². The van der Waals surface area contributed by atoms with Crippen LogP contribution in [0, 0.1) is 0 Å². The predicted molar refractivity (Wildman–Crippen MR) is 57.7 cm³/mol. The molecule has 14 heavy (non-hydrogen) atoms. The van der Waals surface area contributed by atoms with Crippen molar-refractivity contribution in [1.29, 1.82) is 0 Å². The largest absolute Gasteiger partial charge is 0.295 e. The molecule has 0 aromatic heterocycles. The van der Waals surface area contributed by atoms with Gasteiger partial charge in [0.1, 0.15) is 6.04 Å². The van der Waals surface area contributed by atoms with Gasteiger partial charge in [0.2, 0.25) is 0 Å². The van der Waals surface area contributed by atoms with Crippen LogP contribution in [0.5, 0.6) is 0 Å². The second-order valence-corrected chi connectivity index (χ2v) is 4.16. The van der Waals surface area contributed by atoms with Crippen LogP contribution in [0.1, 0.15) is 44.9 Å². The molecule has 1 aliphatic carbocycles. The molecule has 1 atom stereocenters. The van der Waals surface area contributed by atoms with Crippen LogP contribution in [0.15, 0.2) is 17.1 Å². The standard InChI is InChI=1S/C12H17NO/c14-10-6-4-2-1-3-5-7-11-12(13-11)9-8-10/h8-9,12H,1-7H2. The fourth-order valence-corrected chi connectivity index (χ4v) is 1.93. The Morgan fingerprint density at radius 1 is 1.07 bits per heavy atom. The molecule has 1 heterocycles. The maximum Gasteiger partial charge on any atom is 0.155 e. The maximum absolute atomic E-state index is 11.3. The van der Waals surface area contributed by atoms with Gasteiger partial charge in [0, 0.05) is 12.1 Å². The van der Waals surface area contributed by atoms with Gasteiger partial charge in [0.05, 0.1) is 0 Å². The molecule has 0 saturated heterocycles. The molecule has 0 aromatic rings. The summed E-state index contributed by atoms with van der Waals surface area (Å²) in [5, 5.41) is 0. The Balaban J connectivity index is 1.86. The lowest BCUT2D eigenvalue weighted by molar-refractivity contribution is -0.114. The lowest BCUT2D eigenvalue weighted by Gasteiger charge is -2.00. The van der Waals surface area contributed by atoms with Crippen molar-refractivity contribution in [2.75, 3.05) is 0 Å². The summed E-state index contributed by atoms with van der Waals surface area (Å²) in [6.07, 6.45) is 11.6. The molecule has 76 valence electrons. The van der Waals surface area contributed by atoms with Crippen LogP contribution in [0.3, 0.4) is 0 Å². The van der Waals surface area contributed by atoms with Crippen molar-refractivity contribution < 1.29 is 4.79 Å². The number of hydrogen-bond donors (Lipinski definition) is 0. The van der Waals surface area contributed by atoms with E-state index in [1.54, 1.807) is 6.08 Å². The van der Waals surface area contributed by atoms with Gasteiger partial charge in [-0.05, 0) is 25.3 Å². The molecule has 0 spiro atoms. The van der Waals surface area contributed by atoms with Gasteiger partial charge in [-0.3, -0.25) is 9.79 Å². The lowest BCUT2D eigenvalue weighted by atomic mass is 10.0. The molecule has 0 amide bonds. The number of hydrogen-bond acceptors (Lipinski definition) is 2. The van der Waals surface area contributed by atoms with Crippen molar-refractivity contribution in [3.63, 3.8) is 0 Å². The first-order valence-corrected chi connectivity index (χ1v) is 5.64. The summed E-state index contributed by atoms with van der Waals surface area (Å²) in [4.78, 5) is 15.7. The number of allylic oxidation sites excluding steroid dienone is 1. The molecular formula is C12H17NO. The highest BCUT2D eigenvalue weighted by Crippen LogP contribution is 2.20. The smallest absolute Gasteiger partial charge is 0.155 e. The van der Waals surface area contributed by atoms with E-state index in [4.69, 9.17) is 0 Å². The van der Waals surface area contributed by atoms with Gasteiger partial charge in [0.25, 0.3) is 0 Å². The monoisotopic (exact) mass is 191 g/mol. The van der Waals surface area contributed by atoms with Crippen LogP contribution in [-0.4, -0.2) is 17.5 Å². The summed E-state index contributed by atoms with van der Waals surface area (Å²) in [6.45, 7) is 0. The van der Waals surface area contributed by atoms with Crippen LogP contribution >= 0.6 is 0 Å². The number of fused-ring (bicyclic) bond motifs is 1. The number of rotatable bonds is 0. The van der Waals surface area contributed by atoms with Gasteiger partial charge in [-0.25, -0.2) is 0 Å². The number of carbonyl (C=O) groups is 1. The highest BCUT2D eigenvalue weighted by molar-refractivity contribution is 6.03. The molecule has 2 heteroatoms. The zero-order chi connectivity index (χ0) is 9.80. The quantitative estimate of drug-likeness (QED) is 0.579. The Morgan fingerprint density at radius 3 is 2.64 bits per heavy atom. The third-order valence-corrected chi connectivity index (χ3v) is 2.90. The molecule has 0 radical (unpaired) electrons. The van der Waals surface area contributed by atoms with E-state index in [2.05, 4.69) is 4.99 Å². The molecule has 2 nitrogen and oxygen atoms in total. The number of ketones is 1. The Hall–Kier alpha value is -0.920. The minimum Gasteiger partial charge on any atom is -0.295 e. The van der Waals surface area contributed by atoms with Crippen molar-refractivity contribution in [1.82, 2.24) is 0 Å². The van der Waals surface area contributed by atoms with Gasteiger partial charge in [-0.15, -0.1) is 0 Å². The Kier molecular flexibility index (Phi) is 3.12. The third-order valence-electron chi connectivity index (χ3n) is 2.90. The third kappa shape index (κ3) is 2.79. The zero-order valence-electron chi connectivity index (χ0n) is 8.54. The van der Waals surface area contributed by atoms with E-state index in [1.807, 2.05) is 6.08 Å². The van der Waals surface area contributed by atoms with Crippen LogP contribution in [0.4, 0.5) is 0 Å². The SMILES string of the molecule is O=C1C=CC2N=C2CCCCCCC1. The second-order valence-electron chi connectivity index (χ2n) is 4.16. The van der Waals surface area contributed by atoms with Crippen molar-refractivity contribution in [2.24, 2.45) is 4.99 Å². The Bertz CT molecular complexity index is 278. The first-order valence-electron chi connectivity index (χ1n) is 5.64. The van der Waals surface area contributed by atoms with Crippen molar-refractivity contribution >= 4 is 11.5 Å². The Morgan fingerprint density at radius 2 is 1.79 bits per heavy atom. The molecular weight excluding hydrogens is 174 g/mol. The number of carbonyl (C=O) groups excluding carboxylic acids is 1. The summed E-state index contributed by atoms with van der Waals surface area (Å²) >= 11 is 0. The molecule has 1 unspecified atom stereocenters. The zero-order valence-corrected chi connectivity index (χ0v) is 8.54. The average Bonchev–Trinajstić information content (AvgIpc) is 2.90. The second kappa shape index (κ2) is 4.54. The van der Waals surface area contributed by atoms with E-state index in [0.717, 1.165) is 19.3 Å². The molecule has 1 aliphatic heterocycles. The minimum absolute atomic E-state index is 0.270. The van der Waals surface area contributed by atoms with E-state index in [1.165, 1.54) is 31.4 Å². The fraction of sp³-hybridized carbons (Fsp3) is 0.667. The highest BCUT2D eigenvalue weighted by atomic mass is 16.1. The summed E-state index contributed by atoms with van der Waals surface area (Å²) < 4.78 is 0. The molecule has 0 N–H and O–H groups in total. The number of nitrogens with zero attached hydrogens (tertiary/aromatic N) is 1. The normalized spacial score (nSPS) is 28.4. The first kappa shape index (κ1) is 9.63. The highest BCUT2D eigenvalue weighted by Gasteiger charge is 2.23. The molecule has 2 aliphatic rings. The summed E-state index contributed by atoms with van der Waals surface area (Å²) in [5.41, 5.74) is 1.30. The molecule has 0 bridgehead atoms. The van der Waals surface area contributed by atoms with Crippen LogP contribution in [0.2, 0.25) is 0 Å². The van der Waals surface area contributed by atoms with E-state index < -0.39 is 0 Å².